The Hall–Kier alpha value is -4.22. The largest absolute Gasteiger partial charge is 0.462 e. The normalized spacial score (nSPS) is 11.4. The lowest BCUT2D eigenvalue weighted by Crippen LogP contribution is -2.16. The number of esters is 1. The van der Waals surface area contributed by atoms with Gasteiger partial charge in [-0.25, -0.2) is 9.18 Å². The minimum Gasteiger partial charge on any atom is -0.462 e. The highest BCUT2D eigenvalue weighted by atomic mass is 32.1. The lowest BCUT2D eigenvalue weighted by atomic mass is 10.1. The molecule has 0 bridgehead atoms. The van der Waals surface area contributed by atoms with Crippen molar-refractivity contribution in [1.82, 2.24) is 4.57 Å². The van der Waals surface area contributed by atoms with E-state index in [2.05, 4.69) is 5.32 Å². The summed E-state index contributed by atoms with van der Waals surface area (Å²) in [6, 6.07) is 16.1. The average Bonchev–Trinajstić information content (AvgIpc) is 3.35. The van der Waals surface area contributed by atoms with Gasteiger partial charge in [0.25, 0.3) is 5.91 Å². The van der Waals surface area contributed by atoms with Gasteiger partial charge in [0.2, 0.25) is 0 Å². The molecule has 4 rings (SSSR count). The third-order valence-corrected chi connectivity index (χ3v) is 7.00. The van der Waals surface area contributed by atoms with Crippen molar-refractivity contribution >= 4 is 45.2 Å². The fraction of sp³-hybridized carbons (Fsp3) is 0.179. The van der Waals surface area contributed by atoms with Gasteiger partial charge in [0.1, 0.15) is 22.5 Å². The fourth-order valence-corrected chi connectivity index (χ4v) is 5.01. The van der Waals surface area contributed by atoms with Crippen molar-refractivity contribution in [3.05, 3.63) is 93.2 Å². The lowest BCUT2D eigenvalue weighted by molar-refractivity contribution is -0.112. The Bertz CT molecular complexity index is 1540. The molecule has 1 N–H and O–H groups in total. The molecule has 0 saturated carbocycles. The van der Waals surface area contributed by atoms with E-state index < -0.39 is 11.9 Å². The maximum absolute atomic E-state index is 14.3. The molecule has 0 unspecified atom stereocenters. The zero-order chi connectivity index (χ0) is 25.8. The summed E-state index contributed by atoms with van der Waals surface area (Å²) in [5.41, 5.74) is 2.93. The summed E-state index contributed by atoms with van der Waals surface area (Å²) < 4.78 is 21.3. The summed E-state index contributed by atoms with van der Waals surface area (Å²) in [5, 5.41) is 13.7. The minimum atomic E-state index is -0.629. The molecule has 6 nitrogen and oxygen atoms in total. The average molecular weight is 502 g/mol. The quantitative estimate of drug-likeness (QED) is 0.185. The first-order valence-corrected chi connectivity index (χ1v) is 12.2. The zero-order valence-electron chi connectivity index (χ0n) is 20.1. The number of hydrogen-bond acceptors (Lipinski definition) is 5. The molecule has 0 spiro atoms. The number of carbonyl (C=O) groups excluding carboxylic acids is 2. The van der Waals surface area contributed by atoms with Crippen molar-refractivity contribution in [2.75, 3.05) is 11.9 Å². The Morgan fingerprint density at radius 2 is 1.89 bits per heavy atom. The minimum absolute atomic E-state index is 0.123. The highest BCUT2D eigenvalue weighted by Crippen LogP contribution is 2.33. The number of carbonyl (C=O) groups is 2. The number of amides is 1. The van der Waals surface area contributed by atoms with E-state index in [0.29, 0.717) is 28.2 Å². The molecule has 182 valence electrons. The van der Waals surface area contributed by atoms with Gasteiger partial charge in [-0.2, -0.15) is 5.26 Å². The van der Waals surface area contributed by atoms with Crippen LogP contribution in [-0.2, 0) is 16.1 Å². The van der Waals surface area contributed by atoms with Crippen LogP contribution < -0.4 is 5.32 Å². The summed E-state index contributed by atoms with van der Waals surface area (Å²) in [5.74, 6) is -1.45. The SMILES string of the molecule is CCOC(=O)c1c(NC(=O)/C(C#N)=C/c2cn(Cc3ccccc3F)c3ccccc23)sc(C)c1C. The van der Waals surface area contributed by atoms with Crippen LogP contribution in [0.15, 0.2) is 60.3 Å². The van der Waals surface area contributed by atoms with Gasteiger partial charge in [0.05, 0.1) is 18.7 Å². The number of nitriles is 1. The van der Waals surface area contributed by atoms with Crippen LogP contribution >= 0.6 is 11.3 Å². The van der Waals surface area contributed by atoms with Crippen molar-refractivity contribution in [3.63, 3.8) is 0 Å². The number of nitrogens with one attached hydrogen (secondary N) is 1. The molecular weight excluding hydrogens is 477 g/mol. The first kappa shape index (κ1) is 24.9. The molecule has 0 radical (unpaired) electrons. The summed E-state index contributed by atoms with van der Waals surface area (Å²) in [4.78, 5) is 26.4. The second-order valence-electron chi connectivity index (χ2n) is 8.15. The van der Waals surface area contributed by atoms with Crippen molar-refractivity contribution in [2.45, 2.75) is 27.3 Å². The van der Waals surface area contributed by atoms with Crippen molar-refractivity contribution in [2.24, 2.45) is 0 Å². The van der Waals surface area contributed by atoms with E-state index in [-0.39, 0.29) is 18.0 Å². The van der Waals surface area contributed by atoms with E-state index in [4.69, 9.17) is 4.74 Å². The molecular formula is C28H24FN3O3S. The van der Waals surface area contributed by atoms with Crippen molar-refractivity contribution in [3.8, 4) is 6.07 Å². The van der Waals surface area contributed by atoms with Crippen LogP contribution in [0.3, 0.4) is 0 Å². The van der Waals surface area contributed by atoms with Crippen LogP contribution in [-0.4, -0.2) is 23.1 Å². The number of ether oxygens (including phenoxy) is 1. The number of halogens is 1. The third-order valence-electron chi connectivity index (χ3n) is 5.87. The predicted octanol–water partition coefficient (Wildman–Crippen LogP) is 6.23. The van der Waals surface area contributed by atoms with Gasteiger partial charge in [0.15, 0.2) is 0 Å². The topological polar surface area (TPSA) is 84.1 Å². The molecule has 0 fully saturated rings. The van der Waals surface area contributed by atoms with Crippen LogP contribution in [0, 0.1) is 31.0 Å². The molecule has 0 atom stereocenters. The summed E-state index contributed by atoms with van der Waals surface area (Å²) >= 11 is 1.26. The Morgan fingerprint density at radius 1 is 1.17 bits per heavy atom. The van der Waals surface area contributed by atoms with Crippen LogP contribution in [0.2, 0.25) is 0 Å². The maximum Gasteiger partial charge on any atom is 0.341 e. The third kappa shape index (κ3) is 4.92. The molecule has 8 heteroatoms. The first-order chi connectivity index (χ1) is 17.3. The van der Waals surface area contributed by atoms with Crippen LogP contribution in [0.25, 0.3) is 17.0 Å². The Labute approximate surface area is 212 Å². The number of aromatic nitrogens is 1. The van der Waals surface area contributed by atoms with Gasteiger partial charge in [-0.1, -0.05) is 36.4 Å². The number of rotatable bonds is 7. The van der Waals surface area contributed by atoms with Crippen molar-refractivity contribution < 1.29 is 18.7 Å². The number of nitrogens with zero attached hydrogens (tertiary/aromatic N) is 2. The second-order valence-corrected chi connectivity index (χ2v) is 9.38. The van der Waals surface area contributed by atoms with Gasteiger partial charge in [-0.05, 0) is 44.5 Å². The Kier molecular flexibility index (Phi) is 7.32. The van der Waals surface area contributed by atoms with E-state index in [1.807, 2.05) is 41.8 Å². The van der Waals surface area contributed by atoms with Crippen LogP contribution in [0.1, 0.15) is 38.8 Å². The number of fused-ring (bicyclic) bond motifs is 1. The van der Waals surface area contributed by atoms with Gasteiger partial charge in [-0.3, -0.25) is 4.79 Å². The Morgan fingerprint density at radius 3 is 2.61 bits per heavy atom. The summed E-state index contributed by atoms with van der Waals surface area (Å²) in [6.07, 6.45) is 3.30. The van der Waals surface area contributed by atoms with E-state index in [1.165, 1.54) is 23.5 Å². The Balaban J connectivity index is 1.69. The molecule has 2 aromatic heterocycles. The van der Waals surface area contributed by atoms with Crippen LogP contribution in [0.4, 0.5) is 9.39 Å². The smallest absolute Gasteiger partial charge is 0.341 e. The standard InChI is InChI=1S/C28H24FN3O3S/c1-4-35-28(34)25-17(2)18(3)36-27(25)31-26(33)20(14-30)13-21-16-32(24-12-8-6-10-22(21)24)15-19-9-5-7-11-23(19)29/h5-13,16H,4,15H2,1-3H3,(H,31,33)/b20-13+. The monoisotopic (exact) mass is 501 g/mol. The molecule has 36 heavy (non-hydrogen) atoms. The number of hydrogen-bond donors (Lipinski definition) is 1. The van der Waals surface area contributed by atoms with Gasteiger partial charge >= 0.3 is 5.97 Å². The summed E-state index contributed by atoms with van der Waals surface area (Å²) in [7, 11) is 0. The lowest BCUT2D eigenvalue weighted by Gasteiger charge is -2.07. The highest BCUT2D eigenvalue weighted by molar-refractivity contribution is 7.16. The second kappa shape index (κ2) is 10.6. The highest BCUT2D eigenvalue weighted by Gasteiger charge is 2.23. The molecule has 1 amide bonds. The molecule has 0 saturated heterocycles. The molecule has 4 aromatic rings. The summed E-state index contributed by atoms with van der Waals surface area (Å²) in [6.45, 7) is 5.86. The van der Waals surface area contributed by atoms with E-state index >= 15 is 0 Å². The first-order valence-electron chi connectivity index (χ1n) is 11.4. The molecule has 0 aliphatic heterocycles. The number of thiophene rings is 1. The van der Waals surface area contributed by atoms with Gasteiger partial charge in [-0.15, -0.1) is 11.3 Å². The number of para-hydroxylation sites is 1. The fourth-order valence-electron chi connectivity index (χ4n) is 3.97. The molecule has 2 heterocycles. The van der Waals surface area contributed by atoms with Gasteiger partial charge in [0, 0.05) is 33.1 Å². The van der Waals surface area contributed by atoms with E-state index in [0.717, 1.165) is 21.3 Å². The maximum atomic E-state index is 14.3. The molecule has 0 aliphatic rings. The predicted molar refractivity (Wildman–Crippen MR) is 139 cm³/mol. The number of aryl methyl sites for hydroxylation is 1. The van der Waals surface area contributed by atoms with E-state index in [1.54, 1.807) is 38.2 Å². The molecule has 2 aromatic carbocycles. The van der Waals surface area contributed by atoms with Crippen LogP contribution in [0.5, 0.6) is 0 Å². The number of anilines is 1. The molecule has 0 aliphatic carbocycles. The van der Waals surface area contributed by atoms with Gasteiger partial charge < -0.3 is 14.6 Å². The van der Waals surface area contributed by atoms with Crippen molar-refractivity contribution in [1.29, 1.82) is 5.26 Å². The zero-order valence-corrected chi connectivity index (χ0v) is 20.9. The van der Waals surface area contributed by atoms with E-state index in [9.17, 15) is 19.2 Å². The number of benzene rings is 2.